The Morgan fingerprint density at radius 1 is 1.21 bits per heavy atom. The molecule has 146 valence electrons. The van der Waals surface area contributed by atoms with Gasteiger partial charge < -0.3 is 20.3 Å². The van der Waals surface area contributed by atoms with Gasteiger partial charge in [-0.2, -0.15) is 0 Å². The number of aliphatic hydroxyl groups excluding tert-OH is 1. The van der Waals surface area contributed by atoms with E-state index in [1.165, 1.54) is 6.21 Å². The first-order valence-electron chi connectivity index (χ1n) is 8.91. The molecule has 2 N–H and O–H groups in total. The average molecular weight is 367 g/mol. The molecular weight excluding hydrogens is 327 g/mol. The fourth-order valence-corrected chi connectivity index (χ4v) is 0.620. The molecule has 0 bridgehead atoms. The van der Waals surface area contributed by atoms with Crippen molar-refractivity contribution < 1.29 is 15.1 Å². The summed E-state index contributed by atoms with van der Waals surface area (Å²) >= 11 is 0. The molecule has 0 aliphatic heterocycles. The van der Waals surface area contributed by atoms with E-state index in [9.17, 15) is 10.0 Å². The molecule has 0 saturated heterocycles. The summed E-state index contributed by atoms with van der Waals surface area (Å²) in [5.41, 5.74) is 0. The zero-order valence-corrected chi connectivity index (χ0v) is 17.1. The van der Waals surface area contributed by atoms with Gasteiger partial charge in [0.2, 0.25) is 0 Å². The topological polar surface area (TPSA) is 97.3 Å². The van der Waals surface area contributed by atoms with Gasteiger partial charge in [0, 0.05) is 24.3 Å². The second-order valence-electron chi connectivity index (χ2n) is 4.12. The van der Waals surface area contributed by atoms with Crippen molar-refractivity contribution in [2.24, 2.45) is 5.16 Å². The monoisotopic (exact) mass is 367 g/mol. The first-order valence-corrected chi connectivity index (χ1v) is 9.41. The van der Waals surface area contributed by atoms with Gasteiger partial charge in [0.15, 0.2) is 0 Å². The molecule has 0 saturated carbocycles. The van der Waals surface area contributed by atoms with E-state index in [0.717, 1.165) is 44.8 Å². The van der Waals surface area contributed by atoms with Gasteiger partial charge in [-0.3, -0.25) is 0 Å². The Kier molecular flexibility index (Phi) is 73.6. The van der Waals surface area contributed by atoms with Crippen molar-refractivity contribution in [1.82, 2.24) is 0 Å². The number of aliphatic hydroxyl groups is 1. The molecular formula is C17H39N2O4P. The van der Waals surface area contributed by atoms with Gasteiger partial charge in [0.05, 0.1) is 7.70 Å². The lowest BCUT2D eigenvalue weighted by atomic mass is 10.4. The van der Waals surface area contributed by atoms with E-state index in [4.69, 9.17) is 11.6 Å². The van der Waals surface area contributed by atoms with Crippen LogP contribution in [-0.2, 0) is 4.79 Å². The first kappa shape index (κ1) is 30.7. The molecule has 1 unspecified atom stereocenters. The highest BCUT2D eigenvalue weighted by Gasteiger charge is 1.74. The highest BCUT2D eigenvalue weighted by atomic mass is 31.0. The van der Waals surface area contributed by atoms with Crippen molar-refractivity contribution in [2.75, 3.05) is 13.3 Å². The number of rotatable bonds is 7. The molecule has 0 radical (unpaired) electrons. The minimum absolute atomic E-state index is 0.333. The lowest BCUT2D eigenvalue weighted by Gasteiger charge is -1.79. The quantitative estimate of drug-likeness (QED) is 0.214. The molecule has 0 aromatic carbocycles. The molecule has 0 aliphatic rings. The normalized spacial score (nSPS) is 8.67. The van der Waals surface area contributed by atoms with Crippen LogP contribution in [0.1, 0.15) is 79.1 Å². The number of unbranched alkanes of at least 4 members (excludes halogenated alkanes) is 4. The Hall–Kier alpha value is -1.18. The minimum atomic E-state index is 0.333. The van der Waals surface area contributed by atoms with Gasteiger partial charge in [0.25, 0.3) is 6.07 Å². The van der Waals surface area contributed by atoms with E-state index >= 15 is 0 Å². The van der Waals surface area contributed by atoms with Crippen molar-refractivity contribution in [3.8, 4) is 6.07 Å². The Bertz CT molecular complexity index is 271. The molecule has 6 nitrogen and oxygen atoms in total. The predicted octanol–water partition coefficient (Wildman–Crippen LogP) is 5.12. The molecule has 1 atom stereocenters. The average Bonchev–Trinajstić information content (AvgIpc) is 2.62. The van der Waals surface area contributed by atoms with Crippen molar-refractivity contribution in [1.29, 1.82) is 1.28 Å². The van der Waals surface area contributed by atoms with Crippen molar-refractivity contribution in [2.45, 2.75) is 79.1 Å². The molecule has 0 aromatic heterocycles. The van der Waals surface area contributed by atoms with Crippen molar-refractivity contribution in [3.05, 3.63) is 10.2 Å². The van der Waals surface area contributed by atoms with E-state index in [0.29, 0.717) is 28.6 Å². The summed E-state index contributed by atoms with van der Waals surface area (Å²) in [7, 11) is 0.333. The fourth-order valence-electron chi connectivity index (χ4n) is 0.620. The Labute approximate surface area is 152 Å². The summed E-state index contributed by atoms with van der Waals surface area (Å²) in [5.74, 6) is 0. The number of hydrogen-bond acceptors (Lipinski definition) is 5. The second-order valence-corrected chi connectivity index (χ2v) is 4.12. The van der Waals surface area contributed by atoms with Crippen LogP contribution in [0, 0.1) is 11.3 Å². The summed E-state index contributed by atoms with van der Waals surface area (Å²) in [5, 5.41) is 30.3. The number of hydrogen-bond donors (Lipinski definition) is 2. The van der Waals surface area contributed by atoms with Crippen molar-refractivity contribution in [3.63, 3.8) is 0 Å². The number of carbonyl (C=O) groups is 1. The summed E-state index contributed by atoms with van der Waals surface area (Å²) < 4.78 is 6.24. The van der Waals surface area contributed by atoms with Gasteiger partial charge >= 0.3 is 0 Å². The molecule has 7 heteroatoms. The number of carbonyl (C=O) groups excluding carboxylic acids is 1. The van der Waals surface area contributed by atoms with Crippen molar-refractivity contribution >= 4 is 21.7 Å². The standard InChI is InChI=1S/C4H9NO.C4H7NO.C4H10O.C4H8O.CH5P/c2*1-2-3-4-5-6;2*1-2-3-4-5;1-2/h4,6H,2-3H2,1H3;2-3H2,1H3;5H,2-4H2,1H3;4H,2-3H2,1H3;2H2,1H3/b5-4+;;;;/i;;;;2D. The van der Waals surface area contributed by atoms with Crippen LogP contribution >= 0.6 is 9.18 Å². The van der Waals surface area contributed by atoms with Crippen LogP contribution in [0.2, 0.25) is 0 Å². The maximum Gasteiger partial charge on any atom is 0.298 e. The highest BCUT2D eigenvalue weighted by molar-refractivity contribution is 7.15. The van der Waals surface area contributed by atoms with Gasteiger partial charge in [-0.25, -0.2) is 0 Å². The van der Waals surface area contributed by atoms with Crippen LogP contribution in [0.25, 0.3) is 5.01 Å². The summed E-state index contributed by atoms with van der Waals surface area (Å²) in [6, 6.07) is 2.27. The molecule has 0 aliphatic carbocycles. The Balaban J connectivity index is -0.0000000678. The van der Waals surface area contributed by atoms with Crippen LogP contribution in [0.4, 0.5) is 0 Å². The summed E-state index contributed by atoms with van der Waals surface area (Å²) in [4.78, 5) is 9.40. The number of aldehydes is 1. The largest absolute Gasteiger partial charge is 0.498 e. The van der Waals surface area contributed by atoms with Gasteiger partial charge in [0.1, 0.15) is 6.29 Å². The molecule has 0 amide bonds. The lowest BCUT2D eigenvalue weighted by molar-refractivity contribution is -0.107. The molecule has 0 spiro atoms. The number of oxime groups is 1. The zero-order valence-electron chi connectivity index (χ0n) is 17.1. The van der Waals surface area contributed by atoms with Gasteiger partial charge in [-0.15, -0.1) is 14.3 Å². The smallest absolute Gasteiger partial charge is 0.298 e. The minimum Gasteiger partial charge on any atom is -0.498 e. The third-order valence-corrected chi connectivity index (χ3v) is 1.84. The molecule has 0 aromatic rings. The van der Waals surface area contributed by atoms with Gasteiger partial charge in [-0.05, 0) is 25.7 Å². The lowest BCUT2D eigenvalue weighted by Crippen LogP contribution is -1.75. The molecule has 0 rings (SSSR count). The Morgan fingerprint density at radius 3 is 1.83 bits per heavy atom. The number of nitrogens with zero attached hydrogens (tertiary/aromatic N) is 2. The maximum atomic E-state index is 9.40. The van der Waals surface area contributed by atoms with Crippen LogP contribution in [0.5, 0.6) is 0 Å². The fraction of sp³-hybridized carbons (Fsp3) is 0.824. The summed E-state index contributed by atoms with van der Waals surface area (Å²) in [6.07, 6.45) is 9.69. The highest BCUT2D eigenvalue weighted by Crippen LogP contribution is 1.80. The SMILES string of the molecule is CCC/C=N/O.CCCC#[N+][O-].CCCC=O.CCCCO.[2H]PC. The third kappa shape index (κ3) is 105. The van der Waals surface area contributed by atoms with Crippen LogP contribution < -0.4 is 0 Å². The maximum absolute atomic E-state index is 9.40. The Morgan fingerprint density at radius 2 is 1.75 bits per heavy atom. The summed E-state index contributed by atoms with van der Waals surface area (Å²) in [6.45, 7) is 10.2. The van der Waals surface area contributed by atoms with Crippen LogP contribution in [0.3, 0.4) is 0 Å². The molecule has 0 fully saturated rings. The predicted molar refractivity (Wildman–Crippen MR) is 109 cm³/mol. The van der Waals surface area contributed by atoms with E-state index in [2.05, 4.69) is 23.2 Å². The van der Waals surface area contributed by atoms with E-state index < -0.39 is 0 Å². The third-order valence-electron chi connectivity index (χ3n) is 1.84. The first-order chi connectivity index (χ1) is 12.1. The van der Waals surface area contributed by atoms with E-state index in [1.807, 2.05) is 27.4 Å². The zero-order chi connectivity index (χ0) is 20.6. The van der Waals surface area contributed by atoms with Crippen LogP contribution in [-0.4, -0.2) is 37.4 Å². The van der Waals surface area contributed by atoms with E-state index in [-0.39, 0.29) is 0 Å². The molecule has 0 heterocycles. The van der Waals surface area contributed by atoms with E-state index in [1.54, 1.807) is 0 Å². The molecule has 24 heavy (non-hydrogen) atoms. The van der Waals surface area contributed by atoms with Gasteiger partial charge in [-0.1, -0.05) is 47.2 Å². The second kappa shape index (κ2) is 57.5. The van der Waals surface area contributed by atoms with Crippen LogP contribution in [0.15, 0.2) is 5.16 Å².